The van der Waals surface area contributed by atoms with Gasteiger partial charge < -0.3 is 4.90 Å². The molecule has 6 heteroatoms. The lowest BCUT2D eigenvalue weighted by atomic mass is 9.94. The number of carbonyl (C=O) groups excluding carboxylic acids is 1. The van der Waals surface area contributed by atoms with Crippen molar-refractivity contribution in [1.29, 1.82) is 0 Å². The molecule has 0 aromatic heterocycles. The summed E-state index contributed by atoms with van der Waals surface area (Å²) in [6.45, 7) is 8.95. The minimum absolute atomic E-state index is 0.0156. The predicted octanol–water partition coefficient (Wildman–Crippen LogP) is 2.23. The second-order valence-corrected chi connectivity index (χ2v) is 9.98. The molecule has 2 fully saturated rings. The summed E-state index contributed by atoms with van der Waals surface area (Å²) in [5.41, 5.74) is 0.0156. The van der Waals surface area contributed by atoms with Gasteiger partial charge in [0.15, 0.2) is 0 Å². The molecule has 1 unspecified atom stereocenters. The number of sulfonamides is 1. The number of hydrogen-bond acceptors (Lipinski definition) is 3. The molecule has 0 bridgehead atoms. The number of nitrogens with zero attached hydrogens (tertiary/aromatic N) is 2. The van der Waals surface area contributed by atoms with Gasteiger partial charge >= 0.3 is 0 Å². The van der Waals surface area contributed by atoms with Crippen LogP contribution in [0.3, 0.4) is 0 Å². The highest BCUT2D eigenvalue weighted by Crippen LogP contribution is 2.31. The van der Waals surface area contributed by atoms with Gasteiger partial charge in [-0.3, -0.25) is 4.79 Å². The van der Waals surface area contributed by atoms with Crippen LogP contribution in [0.15, 0.2) is 0 Å². The Kier molecular flexibility index (Phi) is 5.22. The van der Waals surface area contributed by atoms with Crippen LogP contribution in [0, 0.1) is 5.41 Å². The highest BCUT2D eigenvalue weighted by atomic mass is 32.2. The van der Waals surface area contributed by atoms with Gasteiger partial charge in [-0.15, -0.1) is 0 Å². The molecule has 2 aliphatic rings. The average Bonchev–Trinajstić information content (AvgIpc) is 3.10. The summed E-state index contributed by atoms with van der Waals surface area (Å²) < 4.78 is 27.0. The van der Waals surface area contributed by atoms with E-state index in [2.05, 4.69) is 20.8 Å². The smallest absolute Gasteiger partial charge is 0.219 e. The maximum atomic E-state index is 12.6. The molecule has 2 rings (SSSR count). The quantitative estimate of drug-likeness (QED) is 0.750. The molecule has 1 atom stereocenters. The van der Waals surface area contributed by atoms with E-state index in [0.29, 0.717) is 25.6 Å². The Morgan fingerprint density at radius 2 is 1.86 bits per heavy atom. The fourth-order valence-corrected chi connectivity index (χ4v) is 5.20. The molecule has 1 saturated carbocycles. The molecule has 1 saturated heterocycles. The first kappa shape index (κ1) is 17.7. The zero-order valence-electron chi connectivity index (χ0n) is 14.3. The largest absolute Gasteiger partial charge is 0.338 e. The molecule has 0 radical (unpaired) electrons. The van der Waals surface area contributed by atoms with Crippen LogP contribution in [0.25, 0.3) is 0 Å². The first-order chi connectivity index (χ1) is 10.1. The summed E-state index contributed by atoms with van der Waals surface area (Å²) in [7, 11) is -3.22. The number of carbonyl (C=O) groups is 1. The lowest BCUT2D eigenvalue weighted by Crippen LogP contribution is -2.46. The fourth-order valence-electron chi connectivity index (χ4n) is 3.06. The van der Waals surface area contributed by atoms with Crippen molar-refractivity contribution in [3.63, 3.8) is 0 Å². The highest BCUT2D eigenvalue weighted by Gasteiger charge is 2.39. The molecule has 0 aromatic rings. The van der Waals surface area contributed by atoms with Gasteiger partial charge in [0.25, 0.3) is 0 Å². The summed E-state index contributed by atoms with van der Waals surface area (Å²) in [4.78, 5) is 13.7. The van der Waals surface area contributed by atoms with E-state index in [-0.39, 0.29) is 23.1 Å². The second-order valence-electron chi connectivity index (χ2n) is 7.94. The Morgan fingerprint density at radius 1 is 1.23 bits per heavy atom. The maximum Gasteiger partial charge on any atom is 0.219 e. The van der Waals surface area contributed by atoms with Gasteiger partial charge in [0.05, 0.1) is 5.75 Å². The maximum absolute atomic E-state index is 12.6. The molecule has 0 aromatic carbocycles. The summed E-state index contributed by atoms with van der Waals surface area (Å²) in [5, 5.41) is 0. The predicted molar refractivity (Wildman–Crippen MR) is 88.0 cm³/mol. The summed E-state index contributed by atoms with van der Waals surface area (Å²) >= 11 is 0. The van der Waals surface area contributed by atoms with Crippen LogP contribution in [0.4, 0.5) is 0 Å². The second kappa shape index (κ2) is 6.48. The molecule has 1 aliphatic carbocycles. The van der Waals surface area contributed by atoms with Crippen molar-refractivity contribution in [3.05, 3.63) is 0 Å². The molecule has 1 heterocycles. The Balaban J connectivity index is 2.01. The molecule has 0 N–H and O–H groups in total. The standard InChI is InChI=1S/C16H30N2O3S/c1-13(19)17(14-7-8-14)12-15-6-5-10-18(15)22(20,21)11-9-16(2,3)4/h14-15H,5-12H2,1-4H3. The van der Waals surface area contributed by atoms with Crippen LogP contribution in [-0.2, 0) is 14.8 Å². The molecule has 1 amide bonds. The number of hydrogen-bond donors (Lipinski definition) is 0. The zero-order valence-corrected chi connectivity index (χ0v) is 15.2. The van der Waals surface area contributed by atoms with E-state index in [1.54, 1.807) is 11.2 Å². The minimum atomic E-state index is -3.22. The summed E-state index contributed by atoms with van der Waals surface area (Å²) in [5.74, 6) is 0.276. The monoisotopic (exact) mass is 330 g/mol. The number of rotatable bonds is 6. The van der Waals surface area contributed by atoms with Gasteiger partial charge in [0.2, 0.25) is 15.9 Å². The lowest BCUT2D eigenvalue weighted by Gasteiger charge is -2.30. The Hall–Kier alpha value is -0.620. The van der Waals surface area contributed by atoms with Crippen molar-refractivity contribution >= 4 is 15.9 Å². The van der Waals surface area contributed by atoms with Crippen LogP contribution >= 0.6 is 0 Å². The third-order valence-electron chi connectivity index (χ3n) is 4.59. The van der Waals surface area contributed by atoms with Crippen molar-refractivity contribution in [2.75, 3.05) is 18.8 Å². The van der Waals surface area contributed by atoms with E-state index in [0.717, 1.165) is 25.7 Å². The van der Waals surface area contributed by atoms with Crippen molar-refractivity contribution in [1.82, 2.24) is 9.21 Å². The minimum Gasteiger partial charge on any atom is -0.338 e. The molecule has 22 heavy (non-hydrogen) atoms. The lowest BCUT2D eigenvalue weighted by molar-refractivity contribution is -0.129. The van der Waals surface area contributed by atoms with E-state index in [9.17, 15) is 13.2 Å². The van der Waals surface area contributed by atoms with Gasteiger partial charge in [0.1, 0.15) is 0 Å². The molecule has 128 valence electrons. The molecular formula is C16H30N2O3S. The Morgan fingerprint density at radius 3 is 2.36 bits per heavy atom. The zero-order chi connectivity index (χ0) is 16.5. The van der Waals surface area contributed by atoms with Crippen molar-refractivity contribution < 1.29 is 13.2 Å². The summed E-state index contributed by atoms with van der Waals surface area (Å²) in [6.07, 6.45) is 4.55. The van der Waals surface area contributed by atoms with E-state index in [1.807, 2.05) is 4.90 Å². The van der Waals surface area contributed by atoms with Crippen molar-refractivity contribution in [2.24, 2.45) is 5.41 Å². The Bertz CT molecular complexity index is 506. The third kappa shape index (κ3) is 4.69. The van der Waals surface area contributed by atoms with Crippen LogP contribution in [0.1, 0.15) is 59.8 Å². The molecule has 5 nitrogen and oxygen atoms in total. The highest BCUT2D eigenvalue weighted by molar-refractivity contribution is 7.89. The molecule has 1 aliphatic heterocycles. The SMILES string of the molecule is CC(=O)N(CC1CCCN1S(=O)(=O)CCC(C)(C)C)C1CC1. The third-order valence-corrected chi connectivity index (χ3v) is 6.51. The normalized spacial score (nSPS) is 23.7. The van der Waals surface area contributed by atoms with Gasteiger partial charge in [-0.25, -0.2) is 8.42 Å². The first-order valence-corrected chi connectivity index (χ1v) is 9.98. The summed E-state index contributed by atoms with van der Waals surface area (Å²) in [6, 6.07) is 0.312. The topological polar surface area (TPSA) is 57.7 Å². The van der Waals surface area contributed by atoms with Gasteiger partial charge in [0, 0.05) is 32.1 Å². The van der Waals surface area contributed by atoms with Crippen LogP contribution in [0.5, 0.6) is 0 Å². The van der Waals surface area contributed by atoms with Crippen LogP contribution < -0.4 is 0 Å². The van der Waals surface area contributed by atoms with Crippen LogP contribution in [0.2, 0.25) is 0 Å². The van der Waals surface area contributed by atoms with Gasteiger partial charge in [-0.1, -0.05) is 20.8 Å². The van der Waals surface area contributed by atoms with E-state index in [1.165, 1.54) is 0 Å². The van der Waals surface area contributed by atoms with E-state index in [4.69, 9.17) is 0 Å². The van der Waals surface area contributed by atoms with Crippen molar-refractivity contribution in [2.45, 2.75) is 71.9 Å². The van der Waals surface area contributed by atoms with Gasteiger partial charge in [-0.05, 0) is 37.5 Å². The fraction of sp³-hybridized carbons (Fsp3) is 0.938. The Labute approximate surface area is 135 Å². The van der Waals surface area contributed by atoms with Crippen molar-refractivity contribution in [3.8, 4) is 0 Å². The first-order valence-electron chi connectivity index (χ1n) is 8.37. The van der Waals surface area contributed by atoms with E-state index >= 15 is 0 Å². The van der Waals surface area contributed by atoms with E-state index < -0.39 is 10.0 Å². The van der Waals surface area contributed by atoms with Gasteiger partial charge in [-0.2, -0.15) is 4.31 Å². The number of amides is 1. The molecular weight excluding hydrogens is 300 g/mol. The van der Waals surface area contributed by atoms with Crippen LogP contribution in [-0.4, -0.2) is 54.5 Å². The molecule has 0 spiro atoms. The average molecular weight is 330 g/mol.